The number of sulfonamides is 1. The minimum Gasteiger partial charge on any atom is -0.381 e. The molecule has 3 aliphatic heterocycles. The van der Waals surface area contributed by atoms with E-state index in [1.54, 1.807) is 28.6 Å². The molecule has 27 heavy (non-hydrogen) atoms. The van der Waals surface area contributed by atoms with Crippen molar-refractivity contribution >= 4 is 10.0 Å². The van der Waals surface area contributed by atoms with Crippen molar-refractivity contribution in [2.24, 2.45) is 0 Å². The van der Waals surface area contributed by atoms with Crippen LogP contribution in [0.25, 0.3) is 0 Å². The summed E-state index contributed by atoms with van der Waals surface area (Å²) in [5, 5.41) is 0. The number of hydrogen-bond acceptors (Lipinski definition) is 5. The average molecular weight is 394 g/mol. The molecule has 0 amide bonds. The fourth-order valence-electron chi connectivity index (χ4n) is 4.96. The van der Waals surface area contributed by atoms with Gasteiger partial charge in [-0.25, -0.2) is 8.42 Å². The van der Waals surface area contributed by atoms with Crippen LogP contribution in [0.2, 0.25) is 0 Å². The predicted octanol–water partition coefficient (Wildman–Crippen LogP) is 1.63. The van der Waals surface area contributed by atoms with E-state index < -0.39 is 10.0 Å². The smallest absolute Gasteiger partial charge is 0.243 e. The molecule has 0 bridgehead atoms. The molecule has 7 heteroatoms. The lowest BCUT2D eigenvalue weighted by Gasteiger charge is -2.56. The molecule has 1 unspecified atom stereocenters. The quantitative estimate of drug-likeness (QED) is 0.781. The molecule has 3 heterocycles. The highest BCUT2D eigenvalue weighted by atomic mass is 32.2. The largest absolute Gasteiger partial charge is 0.381 e. The monoisotopic (exact) mass is 393 g/mol. The van der Waals surface area contributed by atoms with Gasteiger partial charge in [0.1, 0.15) is 0 Å². The second kappa shape index (κ2) is 7.44. The summed E-state index contributed by atoms with van der Waals surface area (Å²) < 4.78 is 33.6. The molecule has 1 atom stereocenters. The summed E-state index contributed by atoms with van der Waals surface area (Å²) in [4.78, 5) is 5.49. The highest BCUT2D eigenvalue weighted by Crippen LogP contribution is 2.32. The molecule has 1 aromatic carbocycles. The molecular formula is C20H31N3O3S. The first-order valence-corrected chi connectivity index (χ1v) is 11.5. The molecule has 150 valence electrons. The second-order valence-electron chi connectivity index (χ2n) is 8.61. The van der Waals surface area contributed by atoms with Crippen LogP contribution in [0.15, 0.2) is 35.2 Å². The van der Waals surface area contributed by atoms with Crippen LogP contribution < -0.4 is 0 Å². The van der Waals surface area contributed by atoms with Gasteiger partial charge in [-0.15, -0.1) is 0 Å². The Hall–Kier alpha value is -0.990. The normalized spacial score (nSPS) is 28.7. The summed E-state index contributed by atoms with van der Waals surface area (Å²) in [7, 11) is -3.46. The Balaban J connectivity index is 1.54. The summed E-state index contributed by atoms with van der Waals surface area (Å²) in [5.74, 6) is 0. The van der Waals surface area contributed by atoms with E-state index in [9.17, 15) is 8.42 Å². The number of nitrogens with zero attached hydrogens (tertiary/aromatic N) is 3. The third-order valence-electron chi connectivity index (χ3n) is 6.36. The fourth-order valence-corrected chi connectivity index (χ4v) is 6.61. The van der Waals surface area contributed by atoms with Crippen LogP contribution in [0.3, 0.4) is 0 Å². The third-order valence-corrected chi connectivity index (χ3v) is 8.18. The van der Waals surface area contributed by atoms with Crippen LogP contribution in [-0.2, 0) is 14.8 Å². The molecule has 3 aliphatic rings. The summed E-state index contributed by atoms with van der Waals surface area (Å²) in [6, 6.07) is 9.65. The van der Waals surface area contributed by atoms with E-state index in [2.05, 4.69) is 23.6 Å². The highest BCUT2D eigenvalue weighted by Gasteiger charge is 2.46. The topological polar surface area (TPSA) is 53.1 Å². The van der Waals surface area contributed by atoms with Gasteiger partial charge in [-0.2, -0.15) is 4.31 Å². The van der Waals surface area contributed by atoms with Gasteiger partial charge in [0.05, 0.1) is 4.90 Å². The Morgan fingerprint density at radius 1 is 1.00 bits per heavy atom. The number of rotatable bonds is 3. The van der Waals surface area contributed by atoms with Crippen LogP contribution in [0, 0.1) is 0 Å². The lowest BCUT2D eigenvalue weighted by Crippen LogP contribution is -2.71. The molecule has 0 aliphatic carbocycles. The van der Waals surface area contributed by atoms with Crippen molar-refractivity contribution in [3.8, 4) is 0 Å². The van der Waals surface area contributed by atoms with E-state index in [-0.39, 0.29) is 11.6 Å². The number of fused-ring (bicyclic) bond motifs is 1. The van der Waals surface area contributed by atoms with Gasteiger partial charge in [0.15, 0.2) is 0 Å². The van der Waals surface area contributed by atoms with Crippen molar-refractivity contribution < 1.29 is 13.2 Å². The van der Waals surface area contributed by atoms with E-state index in [0.717, 1.165) is 45.7 Å². The zero-order chi connectivity index (χ0) is 19.1. The van der Waals surface area contributed by atoms with Gasteiger partial charge in [0.25, 0.3) is 0 Å². The average Bonchev–Trinajstić information content (AvgIpc) is 2.68. The standard InChI is InChI=1S/C20H31N3O3S/c1-20(2)16-22(27(24,25)19-6-4-3-5-7-19)15-18-14-21(10-11-23(18)20)17-8-12-26-13-9-17/h3-7,17-18H,8-16H2,1-2H3. The maximum Gasteiger partial charge on any atom is 0.243 e. The Kier molecular flexibility index (Phi) is 5.33. The van der Waals surface area contributed by atoms with E-state index in [1.165, 1.54) is 0 Å². The molecular weight excluding hydrogens is 362 g/mol. The van der Waals surface area contributed by atoms with Crippen molar-refractivity contribution in [2.45, 2.75) is 49.2 Å². The maximum atomic E-state index is 13.2. The first kappa shape index (κ1) is 19.3. The molecule has 0 aromatic heterocycles. The van der Waals surface area contributed by atoms with E-state index in [0.29, 0.717) is 24.0 Å². The molecule has 4 rings (SSSR count). The maximum absolute atomic E-state index is 13.2. The zero-order valence-electron chi connectivity index (χ0n) is 16.4. The predicted molar refractivity (Wildman–Crippen MR) is 105 cm³/mol. The minimum atomic E-state index is -3.46. The third kappa shape index (κ3) is 3.80. The van der Waals surface area contributed by atoms with Crippen molar-refractivity contribution in [1.82, 2.24) is 14.1 Å². The summed E-state index contributed by atoms with van der Waals surface area (Å²) in [6.45, 7) is 10.2. The Morgan fingerprint density at radius 3 is 2.41 bits per heavy atom. The molecule has 6 nitrogen and oxygen atoms in total. The van der Waals surface area contributed by atoms with Gasteiger partial charge in [0.2, 0.25) is 10.0 Å². The Morgan fingerprint density at radius 2 is 1.70 bits per heavy atom. The molecule has 3 saturated heterocycles. The van der Waals surface area contributed by atoms with Crippen molar-refractivity contribution in [1.29, 1.82) is 0 Å². The molecule has 3 fully saturated rings. The fraction of sp³-hybridized carbons (Fsp3) is 0.700. The molecule has 0 radical (unpaired) electrons. The number of benzene rings is 1. The highest BCUT2D eigenvalue weighted by molar-refractivity contribution is 7.89. The summed E-state index contributed by atoms with van der Waals surface area (Å²) in [5.41, 5.74) is -0.160. The first-order chi connectivity index (χ1) is 12.9. The molecule has 0 saturated carbocycles. The van der Waals surface area contributed by atoms with Gasteiger partial charge >= 0.3 is 0 Å². The van der Waals surface area contributed by atoms with Crippen LogP contribution >= 0.6 is 0 Å². The molecule has 1 aromatic rings. The second-order valence-corrected chi connectivity index (χ2v) is 10.5. The SMILES string of the molecule is CC1(C)CN(S(=O)(=O)c2ccccc2)CC2CN(C3CCOCC3)CCN21. The Bertz CT molecular complexity index is 747. The minimum absolute atomic E-state index is 0.160. The van der Waals surface area contributed by atoms with E-state index in [4.69, 9.17) is 4.74 Å². The number of piperazine rings is 2. The Labute approximate surface area is 163 Å². The van der Waals surface area contributed by atoms with Gasteiger partial charge in [-0.1, -0.05) is 18.2 Å². The first-order valence-electron chi connectivity index (χ1n) is 10.0. The van der Waals surface area contributed by atoms with Crippen molar-refractivity contribution in [2.75, 3.05) is 45.9 Å². The summed E-state index contributed by atoms with van der Waals surface area (Å²) in [6.07, 6.45) is 2.17. The van der Waals surface area contributed by atoms with E-state index in [1.807, 2.05) is 6.07 Å². The van der Waals surface area contributed by atoms with Gasteiger partial charge < -0.3 is 4.74 Å². The number of ether oxygens (including phenoxy) is 1. The number of hydrogen-bond donors (Lipinski definition) is 0. The van der Waals surface area contributed by atoms with Gasteiger partial charge in [-0.3, -0.25) is 9.80 Å². The van der Waals surface area contributed by atoms with Gasteiger partial charge in [-0.05, 0) is 38.8 Å². The van der Waals surface area contributed by atoms with Crippen molar-refractivity contribution in [3.05, 3.63) is 30.3 Å². The van der Waals surface area contributed by atoms with Crippen molar-refractivity contribution in [3.63, 3.8) is 0 Å². The lowest BCUT2D eigenvalue weighted by atomic mass is 9.93. The van der Waals surface area contributed by atoms with Crippen LogP contribution in [0.5, 0.6) is 0 Å². The van der Waals surface area contributed by atoms with Crippen LogP contribution in [0.1, 0.15) is 26.7 Å². The molecule has 0 spiro atoms. The lowest BCUT2D eigenvalue weighted by molar-refractivity contribution is -0.0656. The molecule has 0 N–H and O–H groups in total. The van der Waals surface area contributed by atoms with Gasteiger partial charge in [0, 0.05) is 63.6 Å². The zero-order valence-corrected chi connectivity index (χ0v) is 17.2. The van der Waals surface area contributed by atoms with Crippen LogP contribution in [-0.4, -0.2) is 86.1 Å². The van der Waals surface area contributed by atoms with Crippen LogP contribution in [0.4, 0.5) is 0 Å². The summed E-state index contributed by atoms with van der Waals surface area (Å²) >= 11 is 0. The van der Waals surface area contributed by atoms with E-state index >= 15 is 0 Å².